The van der Waals surface area contributed by atoms with Crippen LogP contribution in [0.2, 0.25) is 0 Å². The maximum atomic E-state index is 5.92. The number of anilines is 1. The van der Waals surface area contributed by atoms with Crippen LogP contribution in [0.1, 0.15) is 22.5 Å². The van der Waals surface area contributed by atoms with Crippen LogP contribution in [-0.4, -0.2) is 56.6 Å². The number of hydrogen-bond donors (Lipinski definition) is 2. The molecule has 0 aromatic carbocycles. The number of aromatic nitrogens is 5. The first-order valence-corrected chi connectivity index (χ1v) is 8.74. The highest BCUT2D eigenvalue weighted by atomic mass is 32.1. The van der Waals surface area contributed by atoms with Crippen LogP contribution in [0, 0.1) is 6.92 Å². The number of imidazole rings is 1. The van der Waals surface area contributed by atoms with Gasteiger partial charge in [-0.2, -0.15) is 0 Å². The van der Waals surface area contributed by atoms with Crippen molar-refractivity contribution in [3.8, 4) is 0 Å². The minimum absolute atomic E-state index is 0.153. The molecule has 4 rings (SSSR count). The molecular formula is C15H19N7OS. The third-order valence-electron chi connectivity index (χ3n) is 4.19. The van der Waals surface area contributed by atoms with E-state index in [2.05, 4.69) is 42.1 Å². The van der Waals surface area contributed by atoms with E-state index < -0.39 is 0 Å². The van der Waals surface area contributed by atoms with E-state index in [4.69, 9.17) is 4.74 Å². The summed E-state index contributed by atoms with van der Waals surface area (Å²) in [5.41, 5.74) is 4.48. The number of H-pyrrole nitrogens is 1. The third-order valence-corrected chi connectivity index (χ3v) is 5.11. The molecule has 0 amide bonds. The van der Waals surface area contributed by atoms with Crippen molar-refractivity contribution in [2.45, 2.75) is 19.6 Å². The number of nitrogens with one attached hydrogen (secondary N) is 2. The number of aromatic amines is 1. The number of rotatable bonds is 4. The second kappa shape index (κ2) is 6.42. The second-order valence-corrected chi connectivity index (χ2v) is 6.68. The third kappa shape index (κ3) is 2.85. The largest absolute Gasteiger partial charge is 0.371 e. The Morgan fingerprint density at radius 1 is 1.42 bits per heavy atom. The quantitative estimate of drug-likeness (QED) is 0.744. The lowest BCUT2D eigenvalue weighted by Gasteiger charge is -2.31. The Balaban J connectivity index is 1.56. The highest BCUT2D eigenvalue weighted by Crippen LogP contribution is 2.25. The standard InChI is InChI=1S/C15H19N7OS/c1-9-11(24-8-19-9)6-22-3-4-23-10(5-22)13-20-14(16-2)12-15(21-13)18-7-17-12/h7-8,10H,3-6H2,1-2H3,(H2,16,17,18,20,21). The molecular weight excluding hydrogens is 326 g/mol. The molecule has 126 valence electrons. The van der Waals surface area contributed by atoms with E-state index in [1.54, 1.807) is 17.7 Å². The lowest BCUT2D eigenvalue weighted by molar-refractivity contribution is -0.0367. The average molecular weight is 345 g/mol. The molecule has 0 spiro atoms. The van der Waals surface area contributed by atoms with Gasteiger partial charge >= 0.3 is 0 Å². The Hall–Kier alpha value is -2.10. The van der Waals surface area contributed by atoms with E-state index in [-0.39, 0.29) is 6.10 Å². The molecule has 4 heterocycles. The molecule has 3 aromatic rings. The molecule has 0 saturated carbocycles. The number of hydrogen-bond acceptors (Lipinski definition) is 8. The van der Waals surface area contributed by atoms with Crippen LogP contribution in [0.3, 0.4) is 0 Å². The Kier molecular flexibility index (Phi) is 4.13. The maximum Gasteiger partial charge on any atom is 0.183 e. The van der Waals surface area contributed by atoms with Crippen molar-refractivity contribution in [2.24, 2.45) is 0 Å². The fourth-order valence-electron chi connectivity index (χ4n) is 2.86. The zero-order valence-corrected chi connectivity index (χ0v) is 14.4. The molecule has 1 aliphatic heterocycles. The molecule has 0 aliphatic carbocycles. The van der Waals surface area contributed by atoms with Crippen molar-refractivity contribution >= 4 is 28.3 Å². The van der Waals surface area contributed by atoms with Gasteiger partial charge in [0.1, 0.15) is 11.6 Å². The predicted molar refractivity (Wildman–Crippen MR) is 92.1 cm³/mol. The predicted octanol–water partition coefficient (Wildman–Crippen LogP) is 1.73. The number of nitrogens with zero attached hydrogens (tertiary/aromatic N) is 5. The second-order valence-electron chi connectivity index (χ2n) is 5.74. The van der Waals surface area contributed by atoms with E-state index in [0.717, 1.165) is 36.7 Å². The molecule has 0 bridgehead atoms. The Bertz CT molecular complexity index is 845. The maximum absolute atomic E-state index is 5.92. The molecule has 2 N–H and O–H groups in total. The summed E-state index contributed by atoms with van der Waals surface area (Å²) in [5, 5.41) is 3.09. The average Bonchev–Trinajstić information content (AvgIpc) is 3.23. The molecule has 1 aliphatic rings. The Morgan fingerprint density at radius 2 is 2.33 bits per heavy atom. The van der Waals surface area contributed by atoms with Gasteiger partial charge in [0.25, 0.3) is 0 Å². The van der Waals surface area contributed by atoms with Crippen LogP contribution in [0.15, 0.2) is 11.8 Å². The van der Waals surface area contributed by atoms with Crippen molar-refractivity contribution in [3.05, 3.63) is 28.2 Å². The van der Waals surface area contributed by atoms with Gasteiger partial charge in [-0.1, -0.05) is 0 Å². The smallest absolute Gasteiger partial charge is 0.183 e. The number of fused-ring (bicyclic) bond motifs is 1. The summed E-state index contributed by atoms with van der Waals surface area (Å²) < 4.78 is 5.92. The van der Waals surface area contributed by atoms with Gasteiger partial charge in [0.15, 0.2) is 17.3 Å². The van der Waals surface area contributed by atoms with Crippen LogP contribution in [0.4, 0.5) is 5.82 Å². The summed E-state index contributed by atoms with van der Waals surface area (Å²) in [6, 6.07) is 0. The van der Waals surface area contributed by atoms with Crippen molar-refractivity contribution in [3.63, 3.8) is 0 Å². The van der Waals surface area contributed by atoms with Crippen molar-refractivity contribution in [1.29, 1.82) is 0 Å². The first-order chi connectivity index (χ1) is 11.7. The Labute approximate surface area is 143 Å². The first-order valence-electron chi connectivity index (χ1n) is 7.86. The van der Waals surface area contributed by atoms with E-state index in [0.29, 0.717) is 18.1 Å². The fourth-order valence-corrected chi connectivity index (χ4v) is 3.68. The van der Waals surface area contributed by atoms with Crippen LogP contribution in [-0.2, 0) is 11.3 Å². The molecule has 24 heavy (non-hydrogen) atoms. The summed E-state index contributed by atoms with van der Waals surface area (Å²) in [4.78, 5) is 24.5. The number of thiazole rings is 1. The fraction of sp³-hybridized carbons (Fsp3) is 0.467. The van der Waals surface area contributed by atoms with Gasteiger partial charge in [0, 0.05) is 31.6 Å². The number of ether oxygens (including phenoxy) is 1. The normalized spacial score (nSPS) is 19.0. The lowest BCUT2D eigenvalue weighted by Crippen LogP contribution is -2.38. The lowest BCUT2D eigenvalue weighted by atomic mass is 10.2. The zero-order chi connectivity index (χ0) is 16.5. The summed E-state index contributed by atoms with van der Waals surface area (Å²) in [6.07, 6.45) is 1.48. The molecule has 1 unspecified atom stereocenters. The molecule has 1 fully saturated rings. The number of aryl methyl sites for hydroxylation is 1. The van der Waals surface area contributed by atoms with Crippen LogP contribution >= 0.6 is 11.3 Å². The minimum atomic E-state index is -0.153. The van der Waals surface area contributed by atoms with Gasteiger partial charge in [-0.15, -0.1) is 11.3 Å². The van der Waals surface area contributed by atoms with Gasteiger partial charge in [0.2, 0.25) is 0 Å². The molecule has 8 nitrogen and oxygen atoms in total. The molecule has 1 saturated heterocycles. The van der Waals surface area contributed by atoms with Gasteiger partial charge < -0.3 is 15.0 Å². The van der Waals surface area contributed by atoms with Gasteiger partial charge in [-0.05, 0) is 6.92 Å². The highest BCUT2D eigenvalue weighted by Gasteiger charge is 2.26. The Morgan fingerprint density at radius 3 is 3.12 bits per heavy atom. The molecule has 9 heteroatoms. The minimum Gasteiger partial charge on any atom is -0.371 e. The van der Waals surface area contributed by atoms with E-state index in [9.17, 15) is 0 Å². The summed E-state index contributed by atoms with van der Waals surface area (Å²) >= 11 is 1.70. The van der Waals surface area contributed by atoms with E-state index >= 15 is 0 Å². The van der Waals surface area contributed by atoms with E-state index in [1.807, 2.05) is 12.6 Å². The van der Waals surface area contributed by atoms with Crippen LogP contribution < -0.4 is 5.32 Å². The summed E-state index contributed by atoms with van der Waals surface area (Å²) in [5.74, 6) is 1.41. The monoisotopic (exact) mass is 345 g/mol. The molecule has 0 radical (unpaired) electrons. The number of morpholine rings is 1. The van der Waals surface area contributed by atoms with E-state index in [1.165, 1.54) is 4.88 Å². The molecule has 1 atom stereocenters. The van der Waals surface area contributed by atoms with Gasteiger partial charge in [0.05, 0.1) is 24.1 Å². The molecule has 3 aromatic heterocycles. The van der Waals surface area contributed by atoms with Crippen molar-refractivity contribution in [2.75, 3.05) is 32.1 Å². The van der Waals surface area contributed by atoms with Crippen molar-refractivity contribution < 1.29 is 4.74 Å². The highest BCUT2D eigenvalue weighted by molar-refractivity contribution is 7.09. The van der Waals surface area contributed by atoms with Crippen LogP contribution in [0.5, 0.6) is 0 Å². The van der Waals surface area contributed by atoms with Crippen molar-refractivity contribution in [1.82, 2.24) is 29.8 Å². The van der Waals surface area contributed by atoms with Gasteiger partial charge in [-0.3, -0.25) is 4.90 Å². The summed E-state index contributed by atoms with van der Waals surface area (Å²) in [7, 11) is 1.84. The summed E-state index contributed by atoms with van der Waals surface area (Å²) in [6.45, 7) is 5.27. The first kappa shape index (κ1) is 15.4. The van der Waals surface area contributed by atoms with Crippen LogP contribution in [0.25, 0.3) is 11.2 Å². The topological polar surface area (TPSA) is 91.8 Å². The zero-order valence-electron chi connectivity index (χ0n) is 13.6. The SMILES string of the molecule is CNc1nc(C2CN(Cc3scnc3C)CCO2)nc2nc[nH]c12. The van der Waals surface area contributed by atoms with Gasteiger partial charge in [-0.25, -0.2) is 19.9 Å².